The number of ether oxygens (including phenoxy) is 1. The van der Waals surface area contributed by atoms with Gasteiger partial charge in [-0.25, -0.2) is 10.4 Å². The molecule has 152 valence electrons. The van der Waals surface area contributed by atoms with Gasteiger partial charge in [-0.3, -0.25) is 14.3 Å². The fraction of sp³-hybridized carbons (Fsp3) is 0.294. The van der Waals surface area contributed by atoms with Gasteiger partial charge in [0.25, 0.3) is 5.56 Å². The minimum atomic E-state index is -1.41. The van der Waals surface area contributed by atoms with Crippen LogP contribution in [0.2, 0.25) is 0 Å². The molecule has 12 nitrogen and oxygen atoms in total. The van der Waals surface area contributed by atoms with Crippen molar-refractivity contribution in [1.29, 1.82) is 0 Å². The van der Waals surface area contributed by atoms with Crippen LogP contribution in [0.5, 0.6) is 0 Å². The van der Waals surface area contributed by atoms with E-state index in [1.165, 1.54) is 10.8 Å². The second-order valence-electron chi connectivity index (χ2n) is 6.44. The van der Waals surface area contributed by atoms with E-state index in [4.69, 9.17) is 10.5 Å². The van der Waals surface area contributed by atoms with Crippen LogP contribution >= 0.6 is 0 Å². The van der Waals surface area contributed by atoms with Gasteiger partial charge >= 0.3 is 0 Å². The molecule has 0 amide bonds. The number of benzene rings is 1. The zero-order valence-electron chi connectivity index (χ0n) is 15.0. The van der Waals surface area contributed by atoms with Gasteiger partial charge in [-0.1, -0.05) is 30.3 Å². The van der Waals surface area contributed by atoms with E-state index in [0.717, 1.165) is 5.56 Å². The Labute approximate surface area is 163 Å². The summed E-state index contributed by atoms with van der Waals surface area (Å²) in [6.45, 7) is -0.508. The SMILES string of the molecule is Nc1nc2c(nc(N/N=C\c3ccccc3)n2[C@@H]2O[C@H](CO)[C@@H](O)[C@@H]2O)c(=O)[nH]1. The van der Waals surface area contributed by atoms with Crippen molar-refractivity contribution in [2.45, 2.75) is 24.5 Å². The molecule has 0 spiro atoms. The van der Waals surface area contributed by atoms with E-state index in [1.54, 1.807) is 0 Å². The first-order valence-electron chi connectivity index (χ1n) is 8.74. The molecular formula is C17H19N7O5. The van der Waals surface area contributed by atoms with E-state index < -0.39 is 36.7 Å². The number of nitrogens with two attached hydrogens (primary N) is 1. The summed E-state index contributed by atoms with van der Waals surface area (Å²) in [5, 5.41) is 34.0. The smallest absolute Gasteiger partial charge is 0.280 e. The number of rotatable bonds is 5. The molecule has 1 aliphatic rings. The van der Waals surface area contributed by atoms with E-state index in [1.807, 2.05) is 30.3 Å². The van der Waals surface area contributed by atoms with Crippen LogP contribution in [0, 0.1) is 0 Å². The number of nitrogens with one attached hydrogen (secondary N) is 2. The molecule has 0 aliphatic carbocycles. The molecule has 12 heteroatoms. The van der Waals surface area contributed by atoms with Crippen LogP contribution in [-0.2, 0) is 4.74 Å². The van der Waals surface area contributed by atoms with Gasteiger partial charge in [0.2, 0.25) is 11.9 Å². The summed E-state index contributed by atoms with van der Waals surface area (Å²) >= 11 is 0. The number of anilines is 2. The maximum absolute atomic E-state index is 12.2. The Balaban J connectivity index is 1.77. The number of hydrogen-bond acceptors (Lipinski definition) is 10. The second-order valence-corrected chi connectivity index (χ2v) is 6.44. The van der Waals surface area contributed by atoms with Crippen LogP contribution in [0.4, 0.5) is 11.9 Å². The molecule has 7 N–H and O–H groups in total. The van der Waals surface area contributed by atoms with Crippen molar-refractivity contribution < 1.29 is 20.1 Å². The number of hydrogen-bond donors (Lipinski definition) is 6. The van der Waals surface area contributed by atoms with E-state index in [2.05, 4.69) is 25.5 Å². The third-order valence-corrected chi connectivity index (χ3v) is 4.52. The highest BCUT2D eigenvalue weighted by atomic mass is 16.6. The molecule has 3 aromatic rings. The summed E-state index contributed by atoms with van der Waals surface area (Å²) < 4.78 is 6.83. The first-order chi connectivity index (χ1) is 14.0. The average Bonchev–Trinajstić information content (AvgIpc) is 3.20. The minimum absolute atomic E-state index is 0.0264. The van der Waals surface area contributed by atoms with E-state index in [0.29, 0.717) is 0 Å². The predicted molar refractivity (Wildman–Crippen MR) is 103 cm³/mol. The highest BCUT2D eigenvalue weighted by molar-refractivity contribution is 5.80. The average molecular weight is 401 g/mol. The lowest BCUT2D eigenvalue weighted by Gasteiger charge is -2.18. The van der Waals surface area contributed by atoms with Crippen molar-refractivity contribution in [3.8, 4) is 0 Å². The van der Waals surface area contributed by atoms with Gasteiger partial charge in [-0.15, -0.1) is 0 Å². The molecule has 2 aromatic heterocycles. The van der Waals surface area contributed by atoms with E-state index in [-0.39, 0.29) is 23.1 Å². The van der Waals surface area contributed by atoms with E-state index >= 15 is 0 Å². The number of H-pyrrole nitrogens is 1. The summed E-state index contributed by atoms with van der Waals surface area (Å²) in [5.74, 6) is -0.125. The Bertz CT molecular complexity index is 1100. The molecular weight excluding hydrogens is 382 g/mol. The van der Waals surface area contributed by atoms with Gasteiger partial charge in [-0.05, 0) is 5.56 Å². The topological polar surface area (TPSA) is 184 Å². The predicted octanol–water partition coefficient (Wildman–Crippen LogP) is -1.24. The number of nitrogen functional groups attached to an aromatic ring is 1. The van der Waals surface area contributed by atoms with Crippen molar-refractivity contribution in [1.82, 2.24) is 19.5 Å². The van der Waals surface area contributed by atoms with Crippen molar-refractivity contribution in [2.24, 2.45) is 5.10 Å². The molecule has 1 saturated heterocycles. The third kappa shape index (κ3) is 3.45. The van der Waals surface area contributed by atoms with E-state index in [9.17, 15) is 20.1 Å². The van der Waals surface area contributed by atoms with Crippen LogP contribution in [0.15, 0.2) is 40.2 Å². The number of aliphatic hydroxyl groups is 3. The lowest BCUT2D eigenvalue weighted by atomic mass is 10.1. The molecule has 29 heavy (non-hydrogen) atoms. The first-order valence-corrected chi connectivity index (χ1v) is 8.74. The third-order valence-electron chi connectivity index (χ3n) is 4.52. The van der Waals surface area contributed by atoms with Crippen molar-refractivity contribution in [2.75, 3.05) is 17.8 Å². The fourth-order valence-corrected chi connectivity index (χ4v) is 3.12. The summed E-state index contributed by atoms with van der Waals surface area (Å²) in [5.41, 5.74) is 8.53. The zero-order valence-corrected chi connectivity index (χ0v) is 15.0. The lowest BCUT2D eigenvalue weighted by Crippen LogP contribution is -2.33. The Kier molecular flexibility index (Phi) is 4.98. The van der Waals surface area contributed by atoms with Gasteiger partial charge in [0.1, 0.15) is 18.3 Å². The highest BCUT2D eigenvalue weighted by Gasteiger charge is 2.45. The molecule has 0 radical (unpaired) electrons. The quantitative estimate of drug-likeness (QED) is 0.225. The zero-order chi connectivity index (χ0) is 20.5. The van der Waals surface area contributed by atoms with Crippen LogP contribution in [0.25, 0.3) is 11.2 Å². The molecule has 3 heterocycles. The Morgan fingerprint density at radius 3 is 2.72 bits per heavy atom. The molecule has 1 aliphatic heterocycles. The fourth-order valence-electron chi connectivity index (χ4n) is 3.12. The molecule has 1 fully saturated rings. The van der Waals surface area contributed by atoms with Gasteiger partial charge in [0, 0.05) is 0 Å². The number of aromatic nitrogens is 4. The number of fused-ring (bicyclic) bond motifs is 1. The van der Waals surface area contributed by atoms with Gasteiger partial charge in [0.05, 0.1) is 12.8 Å². The summed E-state index contributed by atoms with van der Waals surface area (Å²) in [6, 6.07) is 9.25. The highest BCUT2D eigenvalue weighted by Crippen LogP contribution is 2.33. The number of imidazole rings is 1. The number of nitrogens with zero attached hydrogens (tertiary/aromatic N) is 4. The van der Waals surface area contributed by atoms with Gasteiger partial charge < -0.3 is 25.8 Å². The van der Waals surface area contributed by atoms with Crippen molar-refractivity contribution >= 4 is 29.3 Å². The molecule has 0 unspecified atom stereocenters. The molecule has 0 bridgehead atoms. The Hall–Kier alpha value is -3.32. The Morgan fingerprint density at radius 1 is 1.28 bits per heavy atom. The number of hydrazone groups is 1. The minimum Gasteiger partial charge on any atom is -0.394 e. The second kappa shape index (κ2) is 7.60. The summed E-state index contributed by atoms with van der Waals surface area (Å²) in [6.07, 6.45) is -3.43. The molecule has 4 rings (SSSR count). The number of aliphatic hydroxyl groups excluding tert-OH is 3. The molecule has 1 aromatic carbocycles. The summed E-state index contributed by atoms with van der Waals surface area (Å²) in [7, 11) is 0. The number of aromatic amines is 1. The van der Waals surface area contributed by atoms with Gasteiger partial charge in [0.15, 0.2) is 17.4 Å². The Morgan fingerprint density at radius 2 is 2.03 bits per heavy atom. The van der Waals surface area contributed by atoms with Crippen LogP contribution in [0.1, 0.15) is 11.8 Å². The van der Waals surface area contributed by atoms with Crippen LogP contribution in [0.3, 0.4) is 0 Å². The lowest BCUT2D eigenvalue weighted by molar-refractivity contribution is -0.0501. The van der Waals surface area contributed by atoms with Crippen molar-refractivity contribution in [3.63, 3.8) is 0 Å². The maximum atomic E-state index is 12.2. The summed E-state index contributed by atoms with van der Waals surface area (Å²) in [4.78, 5) is 22.8. The molecule has 4 atom stereocenters. The van der Waals surface area contributed by atoms with Crippen LogP contribution < -0.4 is 16.7 Å². The van der Waals surface area contributed by atoms with Crippen molar-refractivity contribution in [3.05, 3.63) is 46.2 Å². The monoisotopic (exact) mass is 401 g/mol. The normalized spacial score (nSPS) is 24.5. The van der Waals surface area contributed by atoms with Crippen LogP contribution in [-0.4, -0.2) is 66.0 Å². The maximum Gasteiger partial charge on any atom is 0.280 e. The first kappa shape index (κ1) is 19.0. The largest absolute Gasteiger partial charge is 0.394 e. The molecule has 0 saturated carbocycles. The van der Waals surface area contributed by atoms with Gasteiger partial charge in [-0.2, -0.15) is 10.1 Å². The standard InChI is InChI=1S/C17H19N7O5/c18-16-21-13-10(14(28)22-16)20-17(23-19-6-8-4-2-1-3-5-8)24(13)15-12(27)11(26)9(7-25)29-15/h1-6,9,11-12,15,25-27H,7H2,(H,20,23)(H3,18,21,22,28)/b19-6-/t9-,11-,12+,15-/m1/s1.